The number of rotatable bonds is 4. The Hall–Kier alpha value is -1.95. The molecule has 2 heterocycles. The lowest BCUT2D eigenvalue weighted by molar-refractivity contribution is -0.384. The molecular formula is C17H23N3O3. The largest absolute Gasteiger partial charge is 0.342 e. The Balaban J connectivity index is 1.53. The zero-order valence-electron chi connectivity index (χ0n) is 13.2. The molecule has 1 atom stereocenters. The summed E-state index contributed by atoms with van der Waals surface area (Å²) in [6.45, 7) is 2.73. The first-order valence-corrected chi connectivity index (χ1v) is 8.38. The first-order chi connectivity index (χ1) is 11.1. The highest BCUT2D eigenvalue weighted by atomic mass is 16.6. The van der Waals surface area contributed by atoms with E-state index in [1.165, 1.54) is 25.0 Å². The van der Waals surface area contributed by atoms with E-state index < -0.39 is 4.92 Å². The van der Waals surface area contributed by atoms with Crippen LogP contribution in [-0.4, -0.2) is 41.4 Å². The number of piperidine rings is 1. The van der Waals surface area contributed by atoms with E-state index in [1.807, 2.05) is 4.90 Å². The summed E-state index contributed by atoms with van der Waals surface area (Å²) in [5, 5.41) is 14.4. The van der Waals surface area contributed by atoms with Crippen molar-refractivity contribution in [3.63, 3.8) is 0 Å². The molecule has 0 saturated carbocycles. The summed E-state index contributed by atoms with van der Waals surface area (Å²) in [5.41, 5.74) is 0.755. The molecular weight excluding hydrogens is 294 g/mol. The lowest BCUT2D eigenvalue weighted by Crippen LogP contribution is -2.43. The normalized spacial score (nSPS) is 22.3. The van der Waals surface area contributed by atoms with Crippen molar-refractivity contribution in [2.45, 2.75) is 38.1 Å². The van der Waals surface area contributed by atoms with Crippen LogP contribution in [0.5, 0.6) is 0 Å². The number of carbonyl (C=O) groups excluding carboxylic acids is 1. The highest BCUT2D eigenvalue weighted by Gasteiger charge is 2.29. The van der Waals surface area contributed by atoms with Crippen molar-refractivity contribution in [1.82, 2.24) is 10.2 Å². The third kappa shape index (κ3) is 3.88. The predicted octanol–water partition coefficient (Wildman–Crippen LogP) is 2.13. The van der Waals surface area contributed by atoms with Crippen LogP contribution in [0.15, 0.2) is 24.3 Å². The summed E-state index contributed by atoms with van der Waals surface area (Å²) >= 11 is 0. The van der Waals surface area contributed by atoms with Crippen LogP contribution in [0.2, 0.25) is 0 Å². The van der Waals surface area contributed by atoms with Crippen LogP contribution < -0.4 is 5.32 Å². The van der Waals surface area contributed by atoms with Gasteiger partial charge in [0.2, 0.25) is 5.91 Å². The second-order valence-corrected chi connectivity index (χ2v) is 6.52. The molecule has 124 valence electrons. The van der Waals surface area contributed by atoms with Crippen LogP contribution in [0.4, 0.5) is 5.69 Å². The molecule has 0 bridgehead atoms. The van der Waals surface area contributed by atoms with Crippen LogP contribution in [0.3, 0.4) is 0 Å². The fraction of sp³-hybridized carbons (Fsp3) is 0.588. The van der Waals surface area contributed by atoms with E-state index in [0.29, 0.717) is 17.5 Å². The van der Waals surface area contributed by atoms with Gasteiger partial charge in [-0.2, -0.15) is 0 Å². The maximum absolute atomic E-state index is 12.4. The van der Waals surface area contributed by atoms with E-state index in [2.05, 4.69) is 5.32 Å². The van der Waals surface area contributed by atoms with Gasteiger partial charge < -0.3 is 10.2 Å². The lowest BCUT2D eigenvalue weighted by atomic mass is 9.88. The van der Waals surface area contributed by atoms with Gasteiger partial charge in [0.1, 0.15) is 0 Å². The van der Waals surface area contributed by atoms with E-state index in [-0.39, 0.29) is 18.0 Å². The number of nitrogens with zero attached hydrogens (tertiary/aromatic N) is 2. The predicted molar refractivity (Wildman–Crippen MR) is 87.1 cm³/mol. The minimum absolute atomic E-state index is 0.0429. The van der Waals surface area contributed by atoms with Gasteiger partial charge >= 0.3 is 0 Å². The molecule has 2 aliphatic heterocycles. The highest BCUT2D eigenvalue weighted by molar-refractivity contribution is 5.79. The van der Waals surface area contributed by atoms with Gasteiger partial charge in [0, 0.05) is 31.3 Å². The summed E-state index contributed by atoms with van der Waals surface area (Å²) in [7, 11) is 0. The monoisotopic (exact) mass is 317 g/mol. The maximum atomic E-state index is 12.4. The number of hydrogen-bond acceptors (Lipinski definition) is 4. The van der Waals surface area contributed by atoms with Crippen molar-refractivity contribution in [3.05, 3.63) is 39.9 Å². The number of carbonyl (C=O) groups is 1. The SMILES string of the molecule is O=C(Cc1cccc([N+](=O)[O-])c1)N1CCC(C2CCCN2)CC1. The van der Waals surface area contributed by atoms with Crippen molar-refractivity contribution in [2.24, 2.45) is 5.92 Å². The van der Waals surface area contributed by atoms with Crippen molar-refractivity contribution >= 4 is 11.6 Å². The molecule has 0 radical (unpaired) electrons. The number of nitro groups is 1. The number of amides is 1. The molecule has 2 fully saturated rings. The zero-order valence-corrected chi connectivity index (χ0v) is 13.2. The summed E-state index contributed by atoms with van der Waals surface area (Å²) in [6, 6.07) is 6.99. The molecule has 2 saturated heterocycles. The fourth-order valence-electron chi connectivity index (χ4n) is 3.73. The Morgan fingerprint density at radius 3 is 2.74 bits per heavy atom. The number of non-ortho nitro benzene ring substituents is 1. The molecule has 1 unspecified atom stereocenters. The fourth-order valence-corrected chi connectivity index (χ4v) is 3.73. The topological polar surface area (TPSA) is 75.5 Å². The average Bonchev–Trinajstić information content (AvgIpc) is 3.09. The molecule has 6 heteroatoms. The number of likely N-dealkylation sites (tertiary alicyclic amines) is 1. The standard InChI is InChI=1S/C17H23N3O3/c21-17(12-13-3-1-4-15(11-13)20(22)23)19-9-6-14(7-10-19)16-5-2-8-18-16/h1,3-4,11,14,16,18H,2,5-10,12H2. The van der Waals surface area contributed by atoms with Gasteiger partial charge in [-0.1, -0.05) is 12.1 Å². The quantitative estimate of drug-likeness (QED) is 0.682. The Morgan fingerprint density at radius 2 is 2.09 bits per heavy atom. The second-order valence-electron chi connectivity index (χ2n) is 6.52. The summed E-state index contributed by atoms with van der Waals surface area (Å²) in [4.78, 5) is 24.7. The molecule has 0 aliphatic carbocycles. The van der Waals surface area contributed by atoms with Crippen molar-refractivity contribution < 1.29 is 9.72 Å². The summed E-state index contributed by atoms with van der Waals surface area (Å²) < 4.78 is 0. The number of nitrogens with one attached hydrogen (secondary N) is 1. The van der Waals surface area contributed by atoms with E-state index >= 15 is 0 Å². The Labute approximate surface area is 136 Å². The van der Waals surface area contributed by atoms with Gasteiger partial charge in [0.15, 0.2) is 0 Å². The van der Waals surface area contributed by atoms with Crippen LogP contribution in [0.1, 0.15) is 31.2 Å². The molecule has 1 aromatic rings. The number of nitro benzene ring substituents is 1. The molecule has 6 nitrogen and oxygen atoms in total. The van der Waals surface area contributed by atoms with Gasteiger partial charge in [-0.05, 0) is 43.7 Å². The third-order valence-corrected chi connectivity index (χ3v) is 5.04. The summed E-state index contributed by atoms with van der Waals surface area (Å²) in [5.74, 6) is 0.752. The van der Waals surface area contributed by atoms with Gasteiger partial charge in [-0.3, -0.25) is 14.9 Å². The maximum Gasteiger partial charge on any atom is 0.269 e. The Bertz CT molecular complexity index is 576. The number of benzene rings is 1. The van der Waals surface area contributed by atoms with Gasteiger partial charge in [0.05, 0.1) is 11.3 Å². The molecule has 3 rings (SSSR count). The third-order valence-electron chi connectivity index (χ3n) is 5.04. The van der Waals surface area contributed by atoms with E-state index in [4.69, 9.17) is 0 Å². The minimum Gasteiger partial charge on any atom is -0.342 e. The van der Waals surface area contributed by atoms with Crippen molar-refractivity contribution in [3.8, 4) is 0 Å². The molecule has 0 spiro atoms. The van der Waals surface area contributed by atoms with Gasteiger partial charge in [-0.25, -0.2) is 0 Å². The number of hydrogen-bond donors (Lipinski definition) is 1. The molecule has 1 N–H and O–H groups in total. The Morgan fingerprint density at radius 1 is 1.30 bits per heavy atom. The van der Waals surface area contributed by atoms with Gasteiger partial charge in [-0.15, -0.1) is 0 Å². The van der Waals surface area contributed by atoms with Gasteiger partial charge in [0.25, 0.3) is 5.69 Å². The second kappa shape index (κ2) is 7.08. The van der Waals surface area contributed by atoms with E-state index in [1.54, 1.807) is 12.1 Å². The Kier molecular flexibility index (Phi) is 4.91. The zero-order chi connectivity index (χ0) is 16.2. The van der Waals surface area contributed by atoms with E-state index in [0.717, 1.165) is 32.5 Å². The highest BCUT2D eigenvalue weighted by Crippen LogP contribution is 2.26. The van der Waals surface area contributed by atoms with Crippen LogP contribution in [0, 0.1) is 16.0 Å². The smallest absolute Gasteiger partial charge is 0.269 e. The van der Waals surface area contributed by atoms with E-state index in [9.17, 15) is 14.9 Å². The summed E-state index contributed by atoms with van der Waals surface area (Å²) in [6.07, 6.45) is 4.87. The molecule has 23 heavy (non-hydrogen) atoms. The van der Waals surface area contributed by atoms with Crippen molar-refractivity contribution in [1.29, 1.82) is 0 Å². The van der Waals surface area contributed by atoms with Crippen LogP contribution in [-0.2, 0) is 11.2 Å². The minimum atomic E-state index is -0.423. The van der Waals surface area contributed by atoms with Crippen LogP contribution in [0.25, 0.3) is 0 Å². The van der Waals surface area contributed by atoms with Crippen LogP contribution >= 0.6 is 0 Å². The average molecular weight is 317 g/mol. The lowest BCUT2D eigenvalue weighted by Gasteiger charge is -2.35. The first-order valence-electron chi connectivity index (χ1n) is 8.38. The molecule has 2 aliphatic rings. The molecule has 1 amide bonds. The molecule has 0 aromatic heterocycles. The van der Waals surface area contributed by atoms with Crippen molar-refractivity contribution in [2.75, 3.05) is 19.6 Å². The molecule has 1 aromatic carbocycles. The first kappa shape index (κ1) is 15.9.